The Morgan fingerprint density at radius 3 is 2.55 bits per heavy atom. The molecule has 2 atom stereocenters. The lowest BCUT2D eigenvalue weighted by Crippen LogP contribution is -2.43. The van der Waals surface area contributed by atoms with Gasteiger partial charge in [0.15, 0.2) is 5.82 Å². The van der Waals surface area contributed by atoms with Crippen molar-refractivity contribution in [2.75, 3.05) is 19.0 Å². The van der Waals surface area contributed by atoms with E-state index in [0.717, 1.165) is 43.2 Å². The van der Waals surface area contributed by atoms with Gasteiger partial charge >= 0.3 is 0 Å². The van der Waals surface area contributed by atoms with Crippen LogP contribution in [-0.2, 0) is 13.2 Å². The minimum atomic E-state index is -0.221. The van der Waals surface area contributed by atoms with E-state index in [0.29, 0.717) is 46.7 Å². The molecule has 1 aliphatic rings. The number of nitrogens with zero attached hydrogens (tertiary/aromatic N) is 11. The lowest BCUT2D eigenvalue weighted by atomic mass is 9.89. The molecule has 4 aromatic heterocycles. The minimum Gasteiger partial charge on any atom is -0.487 e. The molecule has 5 aromatic rings. The number of nitrogens with one attached hydrogen (secondary N) is 1. The maximum absolute atomic E-state index is 9.79. The van der Waals surface area contributed by atoms with Crippen molar-refractivity contribution < 1.29 is 14.6 Å². The Balaban J connectivity index is 1.15. The molecule has 1 fully saturated rings. The second-order valence-corrected chi connectivity index (χ2v) is 12.6. The molecule has 1 saturated carbocycles. The van der Waals surface area contributed by atoms with E-state index in [1.807, 2.05) is 29.9 Å². The van der Waals surface area contributed by atoms with Gasteiger partial charge in [-0.3, -0.25) is 9.58 Å². The minimum absolute atomic E-state index is 0.165. The first-order chi connectivity index (χ1) is 23.9. The fourth-order valence-corrected chi connectivity index (χ4v) is 6.24. The quantitative estimate of drug-likeness (QED) is 0.155. The van der Waals surface area contributed by atoms with Crippen molar-refractivity contribution in [2.45, 2.75) is 83.3 Å². The summed E-state index contributed by atoms with van der Waals surface area (Å²) in [6.07, 6.45) is 15.0. The maximum Gasteiger partial charge on any atom is 0.257 e. The molecule has 49 heavy (non-hydrogen) atoms. The fourth-order valence-electron chi connectivity index (χ4n) is 6.08. The number of anilines is 2. The Hall–Kier alpha value is -4.73. The zero-order chi connectivity index (χ0) is 34.2. The molecular weight excluding hydrogens is 648 g/mol. The van der Waals surface area contributed by atoms with Gasteiger partial charge in [0.05, 0.1) is 30.4 Å². The Morgan fingerprint density at radius 1 is 1.08 bits per heavy atom. The SMILES string of the molecule is CC[C@H](CO)N(C)[C@H]1CC[C@H](n2cc(Nc3ncc(-c4ccc(Cl)c(O[C@@H](C)Cn5cnnn5)c4)cn3)c(OCc3ncccn3)n2)CC1. The van der Waals surface area contributed by atoms with E-state index in [-0.39, 0.29) is 31.4 Å². The summed E-state index contributed by atoms with van der Waals surface area (Å²) >= 11 is 6.46. The first kappa shape index (κ1) is 34.1. The second kappa shape index (κ2) is 16.1. The van der Waals surface area contributed by atoms with E-state index in [1.165, 1.54) is 6.33 Å². The number of benzene rings is 1. The van der Waals surface area contributed by atoms with Crippen molar-refractivity contribution in [1.29, 1.82) is 0 Å². The standard InChI is InChI=1S/C33H41ClN12O3/c1-4-25(19-47)44(3)26-7-9-27(10-8-26)46-18-29(32(41-46)48-20-31-35-12-5-13-36-31)40-33-37-15-24(16-38-33)23-6-11-28(34)30(14-23)49-22(2)17-45-21-39-42-43-45/h5-6,11-16,18,21-22,25-27,47H,4,7-10,17,19-20H2,1-3H3,(H,37,38,40)/t22-,25+,26-,27-/m0/s1. The van der Waals surface area contributed by atoms with Gasteiger partial charge in [-0.2, -0.15) is 0 Å². The fraction of sp³-hybridized carbons (Fsp3) is 0.455. The van der Waals surface area contributed by atoms with Gasteiger partial charge in [0.25, 0.3) is 5.88 Å². The van der Waals surface area contributed by atoms with Crippen LogP contribution in [0.15, 0.2) is 61.6 Å². The van der Waals surface area contributed by atoms with Crippen LogP contribution in [0.3, 0.4) is 0 Å². The summed E-state index contributed by atoms with van der Waals surface area (Å²) in [5, 5.41) is 29.6. The molecule has 0 unspecified atom stereocenters. The van der Waals surface area contributed by atoms with Crippen LogP contribution >= 0.6 is 11.6 Å². The lowest BCUT2D eigenvalue weighted by molar-refractivity contribution is 0.0775. The van der Waals surface area contributed by atoms with E-state index in [2.05, 4.69) is 59.6 Å². The van der Waals surface area contributed by atoms with E-state index in [1.54, 1.807) is 41.6 Å². The van der Waals surface area contributed by atoms with Crippen LogP contribution in [0, 0.1) is 0 Å². The lowest BCUT2D eigenvalue weighted by Gasteiger charge is -2.38. The smallest absolute Gasteiger partial charge is 0.257 e. The van der Waals surface area contributed by atoms with Crippen molar-refractivity contribution >= 4 is 23.2 Å². The number of aromatic nitrogens is 10. The van der Waals surface area contributed by atoms with Crippen LogP contribution in [0.2, 0.25) is 5.02 Å². The molecule has 0 saturated heterocycles. The van der Waals surface area contributed by atoms with Gasteiger partial charge in [0, 0.05) is 42.4 Å². The maximum atomic E-state index is 9.79. The summed E-state index contributed by atoms with van der Waals surface area (Å²) in [7, 11) is 2.12. The van der Waals surface area contributed by atoms with Crippen molar-refractivity contribution in [3.63, 3.8) is 0 Å². The summed E-state index contributed by atoms with van der Waals surface area (Å²) in [5.74, 6) is 1.90. The molecule has 6 rings (SSSR count). The Labute approximate surface area is 289 Å². The van der Waals surface area contributed by atoms with Crippen molar-refractivity contribution in [1.82, 2.24) is 54.8 Å². The molecule has 4 heterocycles. The average Bonchev–Trinajstić information content (AvgIpc) is 3.79. The molecule has 0 aliphatic heterocycles. The summed E-state index contributed by atoms with van der Waals surface area (Å²) in [4.78, 5) is 20.1. The molecule has 0 amide bonds. The Bertz CT molecular complexity index is 1740. The highest BCUT2D eigenvalue weighted by Crippen LogP contribution is 2.35. The Kier molecular flexibility index (Phi) is 11.2. The van der Waals surface area contributed by atoms with Gasteiger partial charge in [-0.05, 0) is 80.3 Å². The number of hydrogen-bond acceptors (Lipinski definition) is 13. The molecule has 1 aliphatic carbocycles. The van der Waals surface area contributed by atoms with Crippen LogP contribution in [0.25, 0.3) is 11.1 Å². The van der Waals surface area contributed by atoms with Crippen molar-refractivity contribution in [3.8, 4) is 22.8 Å². The first-order valence-corrected chi connectivity index (χ1v) is 16.8. The predicted molar refractivity (Wildman–Crippen MR) is 182 cm³/mol. The van der Waals surface area contributed by atoms with Crippen LogP contribution in [0.1, 0.15) is 57.8 Å². The first-order valence-electron chi connectivity index (χ1n) is 16.5. The highest BCUT2D eigenvalue weighted by molar-refractivity contribution is 6.32. The summed E-state index contributed by atoms with van der Waals surface area (Å²) in [6, 6.07) is 8.14. The number of aliphatic hydroxyl groups is 1. The van der Waals surface area contributed by atoms with E-state index >= 15 is 0 Å². The molecule has 15 nitrogen and oxygen atoms in total. The largest absolute Gasteiger partial charge is 0.487 e. The van der Waals surface area contributed by atoms with Crippen LogP contribution in [0.5, 0.6) is 11.6 Å². The number of hydrogen-bond donors (Lipinski definition) is 2. The van der Waals surface area contributed by atoms with Crippen molar-refractivity contribution in [2.24, 2.45) is 0 Å². The predicted octanol–water partition coefficient (Wildman–Crippen LogP) is 4.75. The molecule has 1 aromatic carbocycles. The van der Waals surface area contributed by atoms with Gasteiger partial charge in [-0.25, -0.2) is 24.6 Å². The monoisotopic (exact) mass is 688 g/mol. The average molecular weight is 689 g/mol. The second-order valence-electron chi connectivity index (χ2n) is 12.2. The van der Waals surface area contributed by atoms with Gasteiger partial charge < -0.3 is 19.9 Å². The molecular formula is C33H41ClN12O3. The van der Waals surface area contributed by atoms with Gasteiger partial charge in [0.1, 0.15) is 30.5 Å². The molecule has 258 valence electrons. The summed E-state index contributed by atoms with van der Waals surface area (Å²) < 4.78 is 15.8. The third-order valence-electron chi connectivity index (χ3n) is 8.86. The third kappa shape index (κ3) is 8.66. The topological polar surface area (TPSA) is 167 Å². The van der Waals surface area contributed by atoms with E-state index in [4.69, 9.17) is 26.2 Å². The number of rotatable bonds is 15. The molecule has 0 bridgehead atoms. The number of ether oxygens (including phenoxy) is 2. The van der Waals surface area contributed by atoms with E-state index in [9.17, 15) is 5.11 Å². The number of tetrazole rings is 1. The van der Waals surface area contributed by atoms with Crippen molar-refractivity contribution in [3.05, 3.63) is 72.4 Å². The highest BCUT2D eigenvalue weighted by Gasteiger charge is 2.29. The van der Waals surface area contributed by atoms with Gasteiger partial charge in [-0.1, -0.05) is 24.6 Å². The van der Waals surface area contributed by atoms with E-state index < -0.39 is 0 Å². The normalized spacial score (nSPS) is 17.5. The van der Waals surface area contributed by atoms with Gasteiger partial charge in [-0.15, -0.1) is 10.2 Å². The number of aliphatic hydroxyl groups excluding tert-OH is 1. The molecule has 2 N–H and O–H groups in total. The summed E-state index contributed by atoms with van der Waals surface area (Å²) in [6.45, 7) is 4.85. The molecule has 16 heteroatoms. The van der Waals surface area contributed by atoms with Gasteiger partial charge in [0.2, 0.25) is 5.95 Å². The highest BCUT2D eigenvalue weighted by atomic mass is 35.5. The third-order valence-corrected chi connectivity index (χ3v) is 9.17. The zero-order valence-electron chi connectivity index (χ0n) is 27.8. The number of halogens is 1. The summed E-state index contributed by atoms with van der Waals surface area (Å²) in [5.41, 5.74) is 2.29. The van der Waals surface area contributed by atoms with Crippen LogP contribution in [-0.4, -0.2) is 91.8 Å². The molecule has 0 spiro atoms. The zero-order valence-corrected chi connectivity index (χ0v) is 28.6. The van der Waals surface area contributed by atoms with Crippen LogP contribution < -0.4 is 14.8 Å². The Morgan fingerprint density at radius 2 is 1.86 bits per heavy atom. The molecule has 0 radical (unpaired) electrons. The van der Waals surface area contributed by atoms with Crippen LogP contribution in [0.4, 0.5) is 11.6 Å². The number of likely N-dealkylation sites (N-methyl/N-ethyl adjacent to an activating group) is 1.